The maximum Gasteiger partial charge on any atom is 0.196 e. The molecule has 0 fully saturated rings. The molecule has 3 nitrogen and oxygen atoms in total. The fraction of sp³-hybridized carbons (Fsp3) is 0.217. The lowest BCUT2D eigenvalue weighted by molar-refractivity contribution is 0.260. The summed E-state index contributed by atoms with van der Waals surface area (Å²) in [5, 5.41) is 7.08. The summed E-state index contributed by atoms with van der Waals surface area (Å²) in [6, 6.07) is 27.7. The summed E-state index contributed by atoms with van der Waals surface area (Å²) in [5.74, 6) is 0.914. The van der Waals surface area contributed by atoms with Crippen LogP contribution in [0.15, 0.2) is 78.9 Å². The van der Waals surface area contributed by atoms with Crippen LogP contribution in [0.1, 0.15) is 42.3 Å². The van der Waals surface area contributed by atoms with Gasteiger partial charge in [-0.3, -0.25) is 0 Å². The first-order valence-electron chi connectivity index (χ1n) is 9.23. The summed E-state index contributed by atoms with van der Waals surface area (Å²) in [4.78, 5) is 0. The van der Waals surface area contributed by atoms with E-state index in [-0.39, 0.29) is 6.23 Å². The molecule has 132 valence electrons. The van der Waals surface area contributed by atoms with Gasteiger partial charge in [-0.15, -0.1) is 0 Å². The van der Waals surface area contributed by atoms with Crippen molar-refractivity contribution in [1.82, 2.24) is 5.32 Å². The lowest BCUT2D eigenvalue weighted by Gasteiger charge is -2.19. The monoisotopic (exact) mass is 344 g/mol. The first-order chi connectivity index (χ1) is 12.8. The van der Waals surface area contributed by atoms with E-state index < -0.39 is 0 Å². The maximum atomic E-state index is 6.00. The largest absolute Gasteiger partial charge is 0.464 e. The molecule has 4 rings (SSSR count). The molecule has 3 heteroatoms. The number of hydrogen-bond donors (Lipinski definition) is 2. The zero-order valence-corrected chi connectivity index (χ0v) is 15.0. The van der Waals surface area contributed by atoms with Crippen molar-refractivity contribution in [3.8, 4) is 5.75 Å². The second-order valence-corrected chi connectivity index (χ2v) is 6.63. The molecule has 26 heavy (non-hydrogen) atoms. The second-order valence-electron chi connectivity index (χ2n) is 6.63. The van der Waals surface area contributed by atoms with Crippen molar-refractivity contribution in [3.05, 3.63) is 95.6 Å². The van der Waals surface area contributed by atoms with Gasteiger partial charge in [-0.1, -0.05) is 73.7 Å². The molecule has 0 bridgehead atoms. The van der Waals surface area contributed by atoms with Crippen LogP contribution in [0.25, 0.3) is 0 Å². The third-order valence-corrected chi connectivity index (χ3v) is 4.86. The molecule has 0 aliphatic carbocycles. The van der Waals surface area contributed by atoms with Gasteiger partial charge in [-0.2, -0.15) is 0 Å². The van der Waals surface area contributed by atoms with Gasteiger partial charge >= 0.3 is 0 Å². The number of fused-ring (bicyclic) bond motifs is 1. The summed E-state index contributed by atoms with van der Waals surface area (Å²) in [6.45, 7) is 3.10. The van der Waals surface area contributed by atoms with Crippen molar-refractivity contribution in [1.29, 1.82) is 0 Å². The zero-order valence-electron chi connectivity index (χ0n) is 15.0. The standard InChI is InChI=1S/C23H24N2O/c1-2-20(24-16-17-8-4-3-5-9-17)18-12-14-19(15-13-18)23-25-21-10-6-7-11-22(21)26-23/h3-15,20,23-25H,2,16H2,1H3. The number of para-hydroxylation sites is 2. The highest BCUT2D eigenvalue weighted by molar-refractivity contribution is 5.60. The number of hydrogen-bond acceptors (Lipinski definition) is 3. The Morgan fingerprint density at radius 2 is 1.65 bits per heavy atom. The molecule has 2 unspecified atom stereocenters. The number of ether oxygens (including phenoxy) is 1. The Labute approximate surface area is 155 Å². The molecule has 0 saturated carbocycles. The zero-order chi connectivity index (χ0) is 17.8. The highest BCUT2D eigenvalue weighted by Gasteiger charge is 2.22. The fourth-order valence-electron chi connectivity index (χ4n) is 3.38. The summed E-state index contributed by atoms with van der Waals surface area (Å²) >= 11 is 0. The van der Waals surface area contributed by atoms with Gasteiger partial charge in [0.05, 0.1) is 5.69 Å². The molecule has 0 amide bonds. The summed E-state index contributed by atoms with van der Waals surface area (Å²) in [7, 11) is 0. The van der Waals surface area contributed by atoms with Crippen LogP contribution in [-0.4, -0.2) is 0 Å². The van der Waals surface area contributed by atoms with Crippen molar-refractivity contribution in [3.63, 3.8) is 0 Å². The van der Waals surface area contributed by atoms with Crippen LogP contribution in [0.3, 0.4) is 0 Å². The molecule has 0 aromatic heterocycles. The van der Waals surface area contributed by atoms with E-state index in [1.54, 1.807) is 0 Å². The molecule has 2 N–H and O–H groups in total. The van der Waals surface area contributed by atoms with Crippen LogP contribution in [0.5, 0.6) is 5.75 Å². The molecular formula is C23H24N2O. The average molecular weight is 344 g/mol. The van der Waals surface area contributed by atoms with E-state index in [2.05, 4.69) is 72.2 Å². The van der Waals surface area contributed by atoms with Crippen LogP contribution in [-0.2, 0) is 6.54 Å². The molecule has 3 aromatic rings. The van der Waals surface area contributed by atoms with Crippen LogP contribution in [0.4, 0.5) is 5.69 Å². The normalized spacial score (nSPS) is 16.4. The minimum Gasteiger partial charge on any atom is -0.464 e. The van der Waals surface area contributed by atoms with Crippen molar-refractivity contribution in [2.45, 2.75) is 32.2 Å². The quantitative estimate of drug-likeness (QED) is 0.625. The van der Waals surface area contributed by atoms with Gasteiger partial charge in [0.1, 0.15) is 5.75 Å². The van der Waals surface area contributed by atoms with Gasteiger partial charge in [0, 0.05) is 18.2 Å². The van der Waals surface area contributed by atoms with E-state index >= 15 is 0 Å². The SMILES string of the molecule is CCC(NCc1ccccc1)c1ccc(C2Nc3ccccc3O2)cc1. The topological polar surface area (TPSA) is 33.3 Å². The molecule has 0 radical (unpaired) electrons. The van der Waals surface area contributed by atoms with E-state index in [1.165, 1.54) is 11.1 Å². The molecular weight excluding hydrogens is 320 g/mol. The first-order valence-corrected chi connectivity index (χ1v) is 9.23. The van der Waals surface area contributed by atoms with Crippen molar-refractivity contribution >= 4 is 5.69 Å². The first kappa shape index (κ1) is 16.7. The highest BCUT2D eigenvalue weighted by atomic mass is 16.5. The molecule has 3 aromatic carbocycles. The number of benzene rings is 3. The van der Waals surface area contributed by atoms with Gasteiger partial charge in [-0.25, -0.2) is 0 Å². The van der Waals surface area contributed by atoms with E-state index in [0.29, 0.717) is 6.04 Å². The van der Waals surface area contributed by atoms with Gasteiger partial charge in [0.2, 0.25) is 0 Å². The number of anilines is 1. The Morgan fingerprint density at radius 3 is 2.38 bits per heavy atom. The third kappa shape index (κ3) is 3.58. The van der Waals surface area contributed by atoms with Crippen LogP contribution >= 0.6 is 0 Å². The van der Waals surface area contributed by atoms with Crippen LogP contribution in [0.2, 0.25) is 0 Å². The Bertz CT molecular complexity index is 821. The Kier molecular flexibility index (Phi) is 4.89. The lowest BCUT2D eigenvalue weighted by atomic mass is 10.0. The number of rotatable bonds is 6. The average Bonchev–Trinajstić information content (AvgIpc) is 3.14. The van der Waals surface area contributed by atoms with Gasteiger partial charge < -0.3 is 15.4 Å². The molecule has 1 heterocycles. The third-order valence-electron chi connectivity index (χ3n) is 4.86. The van der Waals surface area contributed by atoms with E-state index in [4.69, 9.17) is 4.74 Å². The Morgan fingerprint density at radius 1 is 0.923 bits per heavy atom. The predicted octanol–water partition coefficient (Wildman–Crippen LogP) is 5.43. The Hall–Kier alpha value is -2.78. The predicted molar refractivity (Wildman–Crippen MR) is 106 cm³/mol. The fourth-order valence-corrected chi connectivity index (χ4v) is 3.38. The second kappa shape index (κ2) is 7.63. The highest BCUT2D eigenvalue weighted by Crippen LogP contribution is 2.37. The van der Waals surface area contributed by atoms with E-state index in [0.717, 1.165) is 30.0 Å². The van der Waals surface area contributed by atoms with Crippen LogP contribution < -0.4 is 15.4 Å². The summed E-state index contributed by atoms with van der Waals surface area (Å²) < 4.78 is 6.00. The lowest BCUT2D eigenvalue weighted by Crippen LogP contribution is -2.20. The van der Waals surface area contributed by atoms with Gasteiger partial charge in [0.25, 0.3) is 0 Å². The van der Waals surface area contributed by atoms with Crippen molar-refractivity contribution in [2.24, 2.45) is 0 Å². The van der Waals surface area contributed by atoms with Crippen molar-refractivity contribution < 1.29 is 4.74 Å². The maximum absolute atomic E-state index is 6.00. The van der Waals surface area contributed by atoms with E-state index in [1.807, 2.05) is 24.3 Å². The van der Waals surface area contributed by atoms with Crippen molar-refractivity contribution in [2.75, 3.05) is 5.32 Å². The molecule has 0 spiro atoms. The molecule has 2 atom stereocenters. The van der Waals surface area contributed by atoms with Gasteiger partial charge in [-0.05, 0) is 29.7 Å². The minimum atomic E-state index is -0.112. The molecule has 1 aliphatic rings. The van der Waals surface area contributed by atoms with Gasteiger partial charge in [0.15, 0.2) is 6.23 Å². The Balaban J connectivity index is 1.42. The smallest absolute Gasteiger partial charge is 0.196 e. The van der Waals surface area contributed by atoms with E-state index in [9.17, 15) is 0 Å². The van der Waals surface area contributed by atoms with Crippen LogP contribution in [0, 0.1) is 0 Å². The minimum absolute atomic E-state index is 0.112. The summed E-state index contributed by atoms with van der Waals surface area (Å²) in [6.07, 6.45) is 0.939. The summed E-state index contributed by atoms with van der Waals surface area (Å²) in [5.41, 5.74) is 4.81. The molecule has 0 saturated heterocycles. The number of nitrogens with one attached hydrogen (secondary N) is 2. The molecule has 1 aliphatic heterocycles.